The Morgan fingerprint density at radius 2 is 1.69 bits per heavy atom. The lowest BCUT2D eigenvalue weighted by atomic mass is 10.0. The molecule has 8 heteroatoms. The van der Waals surface area contributed by atoms with Crippen LogP contribution in [0.5, 0.6) is 0 Å². The van der Waals surface area contributed by atoms with Gasteiger partial charge in [-0.25, -0.2) is 14.8 Å². The average molecular weight is 453 g/mol. The lowest BCUT2D eigenvalue weighted by molar-refractivity contribution is 0.0605. The molecule has 0 radical (unpaired) electrons. The third-order valence-electron chi connectivity index (χ3n) is 5.94. The van der Waals surface area contributed by atoms with Gasteiger partial charge in [-0.05, 0) is 43.0 Å². The van der Waals surface area contributed by atoms with Gasteiger partial charge in [0.05, 0.1) is 12.5 Å². The van der Waals surface area contributed by atoms with Gasteiger partial charge in [0.25, 0.3) is 5.91 Å². The number of amides is 1. The Labute approximate surface area is 192 Å². The molecule has 7 nitrogen and oxygen atoms in total. The van der Waals surface area contributed by atoms with Crippen molar-refractivity contribution < 1.29 is 14.3 Å². The molecule has 1 aliphatic rings. The van der Waals surface area contributed by atoms with E-state index in [0.717, 1.165) is 27.2 Å². The molecule has 0 bridgehead atoms. The molecule has 1 aromatic carbocycles. The minimum Gasteiger partial charge on any atom is -0.465 e. The summed E-state index contributed by atoms with van der Waals surface area (Å²) in [5, 5.41) is 0.894. The second-order valence-electron chi connectivity index (χ2n) is 8.38. The molecule has 1 saturated heterocycles. The molecular formula is C24H28N4O3S. The third-order valence-corrected chi connectivity index (χ3v) is 7.11. The molecule has 2 aromatic heterocycles. The van der Waals surface area contributed by atoms with Gasteiger partial charge >= 0.3 is 5.97 Å². The number of anilines is 1. The molecule has 0 unspecified atom stereocenters. The maximum absolute atomic E-state index is 13.0. The molecule has 0 aliphatic carbocycles. The van der Waals surface area contributed by atoms with Gasteiger partial charge in [0.2, 0.25) is 0 Å². The van der Waals surface area contributed by atoms with Crippen molar-refractivity contribution >= 4 is 39.2 Å². The molecule has 32 heavy (non-hydrogen) atoms. The number of esters is 1. The zero-order valence-electron chi connectivity index (χ0n) is 19.1. The Hall–Kier alpha value is -3.00. The summed E-state index contributed by atoms with van der Waals surface area (Å²) in [4.78, 5) is 39.8. The predicted octanol–water partition coefficient (Wildman–Crippen LogP) is 4.18. The fraction of sp³-hybridized carbons (Fsp3) is 0.417. The van der Waals surface area contributed by atoms with Crippen LogP contribution in [0, 0.1) is 13.8 Å². The fourth-order valence-electron chi connectivity index (χ4n) is 4.05. The van der Waals surface area contributed by atoms with E-state index in [-0.39, 0.29) is 11.9 Å². The topological polar surface area (TPSA) is 75.6 Å². The predicted molar refractivity (Wildman–Crippen MR) is 127 cm³/mol. The molecule has 168 valence electrons. The van der Waals surface area contributed by atoms with Crippen LogP contribution in [0.2, 0.25) is 0 Å². The van der Waals surface area contributed by atoms with Crippen LogP contribution in [0.3, 0.4) is 0 Å². The van der Waals surface area contributed by atoms with Crippen molar-refractivity contribution in [2.24, 2.45) is 0 Å². The standard InChI is InChI=1S/C24H28N4O3S/c1-14(2)17-6-8-18(9-7-17)23(29)28-12-10-27(11-13-28)21-19-15(3)20(24(30)31-5)32-22(19)26-16(4)25-21/h6-9,14H,10-13H2,1-5H3. The first-order chi connectivity index (χ1) is 15.3. The second-order valence-corrected chi connectivity index (χ2v) is 9.38. The van der Waals surface area contributed by atoms with Gasteiger partial charge < -0.3 is 14.5 Å². The van der Waals surface area contributed by atoms with E-state index in [9.17, 15) is 9.59 Å². The fourth-order valence-corrected chi connectivity index (χ4v) is 5.19. The average Bonchev–Trinajstić information content (AvgIpc) is 3.13. The largest absolute Gasteiger partial charge is 0.465 e. The number of aryl methyl sites for hydroxylation is 2. The lowest BCUT2D eigenvalue weighted by Crippen LogP contribution is -2.49. The van der Waals surface area contributed by atoms with E-state index in [1.165, 1.54) is 24.0 Å². The van der Waals surface area contributed by atoms with Gasteiger partial charge in [-0.2, -0.15) is 0 Å². The number of aromatic nitrogens is 2. The van der Waals surface area contributed by atoms with Crippen molar-refractivity contribution in [2.75, 3.05) is 38.2 Å². The number of hydrogen-bond acceptors (Lipinski definition) is 7. The Balaban J connectivity index is 1.54. The van der Waals surface area contributed by atoms with Crippen molar-refractivity contribution in [1.82, 2.24) is 14.9 Å². The van der Waals surface area contributed by atoms with Crippen LogP contribution in [0.4, 0.5) is 5.82 Å². The van der Waals surface area contributed by atoms with E-state index in [1.807, 2.05) is 43.0 Å². The summed E-state index contributed by atoms with van der Waals surface area (Å²) in [7, 11) is 1.39. The quantitative estimate of drug-likeness (QED) is 0.553. The van der Waals surface area contributed by atoms with Gasteiger partial charge in [-0.1, -0.05) is 26.0 Å². The number of piperazine rings is 1. The first kappa shape index (κ1) is 22.2. The molecular weight excluding hydrogens is 424 g/mol. The first-order valence-electron chi connectivity index (χ1n) is 10.8. The molecule has 1 fully saturated rings. The van der Waals surface area contributed by atoms with E-state index in [4.69, 9.17) is 9.72 Å². The van der Waals surface area contributed by atoms with Gasteiger partial charge in [-0.15, -0.1) is 11.3 Å². The minimum absolute atomic E-state index is 0.0589. The summed E-state index contributed by atoms with van der Waals surface area (Å²) in [6, 6.07) is 7.91. The Kier molecular flexibility index (Phi) is 6.15. The summed E-state index contributed by atoms with van der Waals surface area (Å²) in [6.07, 6.45) is 0. The molecule has 1 aliphatic heterocycles. The number of carbonyl (C=O) groups is 2. The van der Waals surface area contributed by atoms with Crippen LogP contribution in [0.25, 0.3) is 10.2 Å². The molecule has 0 N–H and O–H groups in total. The van der Waals surface area contributed by atoms with Gasteiger partial charge in [0.1, 0.15) is 21.3 Å². The highest BCUT2D eigenvalue weighted by Crippen LogP contribution is 2.36. The first-order valence-corrected chi connectivity index (χ1v) is 11.6. The normalized spacial score (nSPS) is 14.3. The van der Waals surface area contributed by atoms with E-state index in [1.54, 1.807) is 0 Å². The number of fused-ring (bicyclic) bond motifs is 1. The van der Waals surface area contributed by atoms with Crippen molar-refractivity contribution in [3.05, 3.63) is 51.7 Å². The number of nitrogens with zero attached hydrogens (tertiary/aromatic N) is 4. The number of methoxy groups -OCH3 is 1. The molecule has 0 saturated carbocycles. The third kappa shape index (κ3) is 4.07. The summed E-state index contributed by atoms with van der Waals surface area (Å²) in [5.41, 5.74) is 2.79. The van der Waals surface area contributed by atoms with Crippen LogP contribution in [-0.2, 0) is 4.74 Å². The van der Waals surface area contributed by atoms with Crippen molar-refractivity contribution in [3.63, 3.8) is 0 Å². The highest BCUT2D eigenvalue weighted by Gasteiger charge is 2.27. The van der Waals surface area contributed by atoms with Crippen LogP contribution in [-0.4, -0.2) is 60.0 Å². The van der Waals surface area contributed by atoms with E-state index in [2.05, 4.69) is 23.7 Å². The molecule has 1 amide bonds. The molecule has 4 rings (SSSR count). The number of carbonyl (C=O) groups excluding carboxylic acids is 2. The Morgan fingerprint density at radius 1 is 1.03 bits per heavy atom. The molecule has 0 spiro atoms. The monoisotopic (exact) mass is 452 g/mol. The second kappa shape index (κ2) is 8.86. The maximum atomic E-state index is 13.0. The van der Waals surface area contributed by atoms with E-state index < -0.39 is 0 Å². The highest BCUT2D eigenvalue weighted by atomic mass is 32.1. The number of rotatable bonds is 4. The lowest BCUT2D eigenvalue weighted by Gasteiger charge is -2.36. The minimum atomic E-state index is -0.354. The van der Waals surface area contributed by atoms with Crippen LogP contribution >= 0.6 is 11.3 Å². The summed E-state index contributed by atoms with van der Waals surface area (Å²) < 4.78 is 4.93. The maximum Gasteiger partial charge on any atom is 0.348 e. The van der Waals surface area contributed by atoms with Crippen LogP contribution in [0.15, 0.2) is 24.3 Å². The van der Waals surface area contributed by atoms with Crippen molar-refractivity contribution in [2.45, 2.75) is 33.6 Å². The zero-order valence-corrected chi connectivity index (χ0v) is 20.0. The molecule has 3 aromatic rings. The van der Waals surface area contributed by atoms with Gasteiger partial charge in [0, 0.05) is 31.7 Å². The van der Waals surface area contributed by atoms with E-state index in [0.29, 0.717) is 42.8 Å². The van der Waals surface area contributed by atoms with E-state index >= 15 is 0 Å². The van der Waals surface area contributed by atoms with Crippen molar-refractivity contribution in [3.8, 4) is 0 Å². The number of ether oxygens (including phenoxy) is 1. The zero-order chi connectivity index (χ0) is 23.0. The summed E-state index contributed by atoms with van der Waals surface area (Å²) >= 11 is 1.34. The number of thiophene rings is 1. The SMILES string of the molecule is COC(=O)c1sc2nc(C)nc(N3CCN(C(=O)c4ccc(C(C)C)cc4)CC3)c2c1C. The van der Waals surface area contributed by atoms with Gasteiger partial charge in [0.15, 0.2) is 0 Å². The smallest absolute Gasteiger partial charge is 0.348 e. The van der Waals surface area contributed by atoms with Gasteiger partial charge in [-0.3, -0.25) is 4.79 Å². The van der Waals surface area contributed by atoms with Crippen LogP contribution < -0.4 is 4.90 Å². The number of benzene rings is 1. The Morgan fingerprint density at radius 3 is 2.28 bits per heavy atom. The van der Waals surface area contributed by atoms with Crippen molar-refractivity contribution in [1.29, 1.82) is 0 Å². The molecule has 0 atom stereocenters. The highest BCUT2D eigenvalue weighted by molar-refractivity contribution is 7.20. The summed E-state index contributed by atoms with van der Waals surface area (Å²) in [6.45, 7) is 10.6. The molecule has 3 heterocycles. The van der Waals surface area contributed by atoms with Crippen LogP contribution in [0.1, 0.15) is 56.7 Å². The number of hydrogen-bond donors (Lipinski definition) is 0. The Bertz CT molecular complexity index is 1160. The summed E-state index contributed by atoms with van der Waals surface area (Å²) in [5.74, 6) is 1.63.